The van der Waals surface area contributed by atoms with E-state index >= 15 is 0 Å². The van der Waals surface area contributed by atoms with Crippen LogP contribution >= 0.6 is 0 Å². The van der Waals surface area contributed by atoms with Crippen molar-refractivity contribution in [2.45, 2.75) is 40.2 Å². The predicted molar refractivity (Wildman–Crippen MR) is 65.9 cm³/mol. The van der Waals surface area contributed by atoms with Crippen molar-refractivity contribution in [3.63, 3.8) is 0 Å². The molecule has 0 aromatic heterocycles. The van der Waals surface area contributed by atoms with Gasteiger partial charge in [-0.3, -0.25) is 4.79 Å². The molecule has 6 nitrogen and oxygen atoms in total. The van der Waals surface area contributed by atoms with Crippen molar-refractivity contribution in [2.75, 3.05) is 13.1 Å². The second-order valence-electron chi connectivity index (χ2n) is 3.91. The van der Waals surface area contributed by atoms with Crippen LogP contribution in [0.25, 0.3) is 0 Å². The van der Waals surface area contributed by atoms with Gasteiger partial charge in [0.25, 0.3) is 10.2 Å². The van der Waals surface area contributed by atoms with Gasteiger partial charge in [-0.2, -0.15) is 17.4 Å². The first-order chi connectivity index (χ1) is 7.80. The summed E-state index contributed by atoms with van der Waals surface area (Å²) >= 11 is 0. The third-order valence-electron chi connectivity index (χ3n) is 2.80. The van der Waals surface area contributed by atoms with E-state index in [-0.39, 0.29) is 5.92 Å². The molecule has 0 fully saturated rings. The molecule has 0 bridgehead atoms. The Morgan fingerprint density at radius 1 is 1.29 bits per heavy atom. The second-order valence-corrected chi connectivity index (χ2v) is 5.61. The molecule has 0 rings (SSSR count). The number of aliphatic carboxylic acids is 1. The first kappa shape index (κ1) is 16.3. The number of nitrogens with zero attached hydrogens (tertiary/aromatic N) is 1. The van der Waals surface area contributed by atoms with Gasteiger partial charge in [0, 0.05) is 13.1 Å². The fourth-order valence-corrected chi connectivity index (χ4v) is 2.93. The van der Waals surface area contributed by atoms with E-state index in [0.29, 0.717) is 19.5 Å². The SMILES string of the molecule is CCC(C)C(NS(=O)(=O)N(CC)CC)C(=O)O. The molecule has 0 aliphatic rings. The second kappa shape index (κ2) is 6.93. The van der Waals surface area contributed by atoms with E-state index in [2.05, 4.69) is 4.72 Å². The zero-order valence-corrected chi connectivity index (χ0v) is 11.6. The monoisotopic (exact) mass is 266 g/mol. The van der Waals surface area contributed by atoms with Crippen molar-refractivity contribution in [2.24, 2.45) is 5.92 Å². The van der Waals surface area contributed by atoms with Crippen LogP contribution in [0.3, 0.4) is 0 Å². The van der Waals surface area contributed by atoms with E-state index in [9.17, 15) is 13.2 Å². The molecular formula is C10H22N2O4S. The van der Waals surface area contributed by atoms with Crippen LogP contribution in [-0.2, 0) is 15.0 Å². The van der Waals surface area contributed by atoms with Gasteiger partial charge in [0.2, 0.25) is 0 Å². The van der Waals surface area contributed by atoms with Crippen LogP contribution in [0.5, 0.6) is 0 Å². The van der Waals surface area contributed by atoms with Crippen molar-refractivity contribution in [3.8, 4) is 0 Å². The summed E-state index contributed by atoms with van der Waals surface area (Å²) in [4.78, 5) is 11.0. The topological polar surface area (TPSA) is 86.7 Å². The Morgan fingerprint density at radius 3 is 2.06 bits per heavy atom. The summed E-state index contributed by atoms with van der Waals surface area (Å²) in [6.45, 7) is 7.59. The molecule has 0 aromatic carbocycles. The first-order valence-electron chi connectivity index (χ1n) is 5.80. The molecule has 17 heavy (non-hydrogen) atoms. The van der Waals surface area contributed by atoms with Crippen molar-refractivity contribution >= 4 is 16.2 Å². The standard InChI is InChI=1S/C10H22N2O4S/c1-5-8(4)9(10(13)14)11-17(15,16)12(6-2)7-3/h8-9,11H,5-7H2,1-4H3,(H,13,14). The lowest BCUT2D eigenvalue weighted by Gasteiger charge is -2.24. The average Bonchev–Trinajstić information content (AvgIpc) is 2.25. The van der Waals surface area contributed by atoms with Gasteiger partial charge in [0.1, 0.15) is 6.04 Å². The van der Waals surface area contributed by atoms with Crippen LogP contribution in [0.1, 0.15) is 34.1 Å². The quantitative estimate of drug-likeness (QED) is 0.675. The van der Waals surface area contributed by atoms with Gasteiger partial charge in [0.15, 0.2) is 0 Å². The third kappa shape index (κ3) is 4.61. The molecule has 0 saturated carbocycles. The maximum absolute atomic E-state index is 11.9. The zero-order valence-electron chi connectivity index (χ0n) is 10.8. The van der Waals surface area contributed by atoms with Gasteiger partial charge in [-0.1, -0.05) is 34.1 Å². The van der Waals surface area contributed by atoms with E-state index in [4.69, 9.17) is 5.11 Å². The maximum atomic E-state index is 11.9. The third-order valence-corrected chi connectivity index (χ3v) is 4.55. The van der Waals surface area contributed by atoms with Gasteiger partial charge in [-0.15, -0.1) is 0 Å². The minimum atomic E-state index is -3.72. The van der Waals surface area contributed by atoms with Crippen LogP contribution in [0.15, 0.2) is 0 Å². The molecule has 2 N–H and O–H groups in total. The summed E-state index contributed by atoms with van der Waals surface area (Å²) in [6.07, 6.45) is 0.595. The Labute approximate surface area is 103 Å². The van der Waals surface area contributed by atoms with Gasteiger partial charge < -0.3 is 5.11 Å². The zero-order chi connectivity index (χ0) is 13.6. The largest absolute Gasteiger partial charge is 0.480 e. The number of carboxylic acid groups (broad SMARTS) is 1. The number of hydrogen-bond acceptors (Lipinski definition) is 3. The van der Waals surface area contributed by atoms with Crippen molar-refractivity contribution in [3.05, 3.63) is 0 Å². The van der Waals surface area contributed by atoms with E-state index in [0.717, 1.165) is 0 Å². The highest BCUT2D eigenvalue weighted by molar-refractivity contribution is 7.87. The van der Waals surface area contributed by atoms with Crippen molar-refractivity contribution in [1.82, 2.24) is 9.03 Å². The summed E-state index contributed by atoms with van der Waals surface area (Å²) in [5.41, 5.74) is 0. The van der Waals surface area contributed by atoms with Crippen LogP contribution in [-0.4, -0.2) is 42.9 Å². The van der Waals surface area contributed by atoms with Crippen LogP contribution in [0, 0.1) is 5.92 Å². The number of carboxylic acids is 1. The van der Waals surface area contributed by atoms with Gasteiger partial charge in [-0.25, -0.2) is 0 Å². The normalized spacial score (nSPS) is 15.8. The van der Waals surface area contributed by atoms with Crippen molar-refractivity contribution in [1.29, 1.82) is 0 Å². The fraction of sp³-hybridized carbons (Fsp3) is 0.900. The van der Waals surface area contributed by atoms with Gasteiger partial charge >= 0.3 is 5.97 Å². The van der Waals surface area contributed by atoms with Crippen LogP contribution in [0.2, 0.25) is 0 Å². The molecule has 0 heterocycles. The lowest BCUT2D eigenvalue weighted by molar-refractivity contribution is -0.140. The fourth-order valence-electron chi connectivity index (χ4n) is 1.44. The average molecular weight is 266 g/mol. The van der Waals surface area contributed by atoms with Gasteiger partial charge in [0.05, 0.1) is 0 Å². The Balaban J connectivity index is 4.93. The van der Waals surface area contributed by atoms with E-state index in [1.165, 1.54) is 4.31 Å². The molecule has 0 aromatic rings. The highest BCUT2D eigenvalue weighted by Crippen LogP contribution is 2.10. The van der Waals surface area contributed by atoms with E-state index in [1.54, 1.807) is 20.8 Å². The molecule has 0 spiro atoms. The van der Waals surface area contributed by atoms with E-state index < -0.39 is 22.2 Å². The molecule has 0 aliphatic carbocycles. The van der Waals surface area contributed by atoms with Crippen molar-refractivity contribution < 1.29 is 18.3 Å². The Bertz CT molecular complexity index is 338. The molecule has 0 amide bonds. The molecule has 0 radical (unpaired) electrons. The molecule has 7 heteroatoms. The molecular weight excluding hydrogens is 244 g/mol. The lowest BCUT2D eigenvalue weighted by atomic mass is 10.0. The number of nitrogens with one attached hydrogen (secondary N) is 1. The highest BCUT2D eigenvalue weighted by atomic mass is 32.2. The predicted octanol–water partition coefficient (Wildman–Crippen LogP) is 0.662. The number of hydrogen-bond donors (Lipinski definition) is 2. The summed E-state index contributed by atoms with van der Waals surface area (Å²) in [7, 11) is -3.72. The molecule has 0 aliphatic heterocycles. The lowest BCUT2D eigenvalue weighted by Crippen LogP contribution is -2.50. The van der Waals surface area contributed by atoms with E-state index in [1.807, 2.05) is 6.92 Å². The summed E-state index contributed by atoms with van der Waals surface area (Å²) < 4.78 is 27.2. The molecule has 2 unspecified atom stereocenters. The molecule has 102 valence electrons. The molecule has 2 atom stereocenters. The number of rotatable bonds is 8. The summed E-state index contributed by atoms with van der Waals surface area (Å²) in [6, 6.07) is -1.08. The van der Waals surface area contributed by atoms with Crippen LogP contribution in [0.4, 0.5) is 0 Å². The minimum absolute atomic E-state index is 0.252. The highest BCUT2D eigenvalue weighted by Gasteiger charge is 2.30. The van der Waals surface area contributed by atoms with Gasteiger partial charge in [-0.05, 0) is 5.92 Å². The first-order valence-corrected chi connectivity index (χ1v) is 7.24. The van der Waals surface area contributed by atoms with Crippen LogP contribution < -0.4 is 4.72 Å². The Hall–Kier alpha value is -0.660. The smallest absolute Gasteiger partial charge is 0.322 e. The number of carbonyl (C=O) groups is 1. The Kier molecular flexibility index (Phi) is 6.66. The molecule has 0 saturated heterocycles. The maximum Gasteiger partial charge on any atom is 0.322 e. The summed E-state index contributed by atoms with van der Waals surface area (Å²) in [5.74, 6) is -1.40. The Morgan fingerprint density at radius 2 is 1.76 bits per heavy atom. The minimum Gasteiger partial charge on any atom is -0.480 e. The summed E-state index contributed by atoms with van der Waals surface area (Å²) in [5, 5.41) is 9.02.